The van der Waals surface area contributed by atoms with Crippen molar-refractivity contribution in [3.8, 4) is 5.75 Å². The molecule has 2 saturated heterocycles. The minimum absolute atomic E-state index is 0.180. The van der Waals surface area contributed by atoms with E-state index in [1.165, 1.54) is 11.3 Å². The third-order valence-electron chi connectivity index (χ3n) is 6.48. The van der Waals surface area contributed by atoms with Crippen molar-refractivity contribution in [2.45, 2.75) is 26.3 Å². The summed E-state index contributed by atoms with van der Waals surface area (Å²) in [6.07, 6.45) is 2.23. The summed E-state index contributed by atoms with van der Waals surface area (Å²) >= 11 is 0. The minimum Gasteiger partial charge on any atom is -0.495 e. The predicted octanol–water partition coefficient (Wildman–Crippen LogP) is 3.89. The molecular weight excluding hydrogens is 374 g/mol. The number of benzene rings is 2. The van der Waals surface area contributed by atoms with Gasteiger partial charge in [-0.05, 0) is 48.6 Å². The van der Waals surface area contributed by atoms with Gasteiger partial charge in [-0.1, -0.05) is 31.2 Å². The van der Waals surface area contributed by atoms with Gasteiger partial charge in [-0.25, -0.2) is 0 Å². The highest BCUT2D eigenvalue weighted by Gasteiger charge is 2.22. The molecule has 30 heavy (non-hydrogen) atoms. The van der Waals surface area contributed by atoms with E-state index in [2.05, 4.69) is 41.0 Å². The standard InChI is InChI=1S/C25H33N3O2/c1-20-11-13-28(14-12-20)25(29)22-9-7-21(8-10-22)19-26-15-17-27(18-16-26)23-5-3-4-6-24(23)30-2/h3-10,20H,11-19H2,1-2H3. The lowest BCUT2D eigenvalue weighted by Gasteiger charge is -2.36. The summed E-state index contributed by atoms with van der Waals surface area (Å²) in [5.74, 6) is 1.85. The van der Waals surface area contributed by atoms with Crippen molar-refractivity contribution in [2.24, 2.45) is 5.92 Å². The highest BCUT2D eigenvalue weighted by molar-refractivity contribution is 5.94. The van der Waals surface area contributed by atoms with Crippen molar-refractivity contribution >= 4 is 11.6 Å². The minimum atomic E-state index is 0.180. The van der Waals surface area contributed by atoms with E-state index in [1.54, 1.807) is 7.11 Å². The van der Waals surface area contributed by atoms with Crippen molar-refractivity contribution in [2.75, 3.05) is 51.3 Å². The molecule has 2 fully saturated rings. The second kappa shape index (κ2) is 9.52. The largest absolute Gasteiger partial charge is 0.495 e. The first-order chi connectivity index (χ1) is 14.6. The Balaban J connectivity index is 1.30. The van der Waals surface area contributed by atoms with Gasteiger partial charge in [0.1, 0.15) is 5.75 Å². The Bertz CT molecular complexity index is 836. The number of carbonyl (C=O) groups is 1. The van der Waals surface area contributed by atoms with Crippen molar-refractivity contribution < 1.29 is 9.53 Å². The van der Waals surface area contributed by atoms with E-state index >= 15 is 0 Å². The van der Waals surface area contributed by atoms with Crippen LogP contribution < -0.4 is 9.64 Å². The molecule has 1 amide bonds. The molecule has 0 radical (unpaired) electrons. The van der Waals surface area contributed by atoms with Crippen molar-refractivity contribution in [3.05, 3.63) is 59.7 Å². The molecule has 2 aliphatic rings. The predicted molar refractivity (Wildman–Crippen MR) is 121 cm³/mol. The second-order valence-corrected chi connectivity index (χ2v) is 8.61. The molecule has 2 aromatic rings. The van der Waals surface area contributed by atoms with Gasteiger partial charge in [0, 0.05) is 51.4 Å². The molecule has 5 nitrogen and oxygen atoms in total. The number of methoxy groups -OCH3 is 1. The highest BCUT2D eigenvalue weighted by Crippen LogP contribution is 2.28. The Morgan fingerprint density at radius 1 is 0.933 bits per heavy atom. The molecular formula is C25H33N3O2. The zero-order chi connectivity index (χ0) is 20.9. The molecule has 0 N–H and O–H groups in total. The Morgan fingerprint density at radius 3 is 2.27 bits per heavy atom. The van der Waals surface area contributed by atoms with E-state index in [1.807, 2.05) is 29.2 Å². The Hall–Kier alpha value is -2.53. The summed E-state index contributed by atoms with van der Waals surface area (Å²) in [6, 6.07) is 16.5. The molecule has 0 spiro atoms. The van der Waals surface area contributed by atoms with Gasteiger partial charge >= 0.3 is 0 Å². The van der Waals surface area contributed by atoms with Crippen LogP contribution in [0.15, 0.2) is 48.5 Å². The summed E-state index contributed by atoms with van der Waals surface area (Å²) in [5.41, 5.74) is 3.26. The van der Waals surface area contributed by atoms with Crippen LogP contribution in [0.25, 0.3) is 0 Å². The molecule has 0 saturated carbocycles. The van der Waals surface area contributed by atoms with Crippen LogP contribution >= 0.6 is 0 Å². The number of piperidine rings is 1. The van der Waals surface area contributed by atoms with Crippen LogP contribution in [-0.4, -0.2) is 62.1 Å². The number of amides is 1. The number of hydrogen-bond donors (Lipinski definition) is 0. The Kier molecular flexibility index (Phi) is 6.58. The maximum atomic E-state index is 12.7. The van der Waals surface area contributed by atoms with E-state index in [9.17, 15) is 4.79 Å². The first-order valence-corrected chi connectivity index (χ1v) is 11.1. The first-order valence-electron chi connectivity index (χ1n) is 11.1. The van der Waals surface area contributed by atoms with Gasteiger partial charge in [-0.3, -0.25) is 9.69 Å². The van der Waals surface area contributed by atoms with Gasteiger partial charge in [0.15, 0.2) is 0 Å². The van der Waals surface area contributed by atoms with Crippen molar-refractivity contribution in [3.63, 3.8) is 0 Å². The van der Waals surface area contributed by atoms with Crippen molar-refractivity contribution in [1.82, 2.24) is 9.80 Å². The molecule has 160 valence electrons. The van der Waals surface area contributed by atoms with Crippen LogP contribution in [0.1, 0.15) is 35.7 Å². The highest BCUT2D eigenvalue weighted by atomic mass is 16.5. The summed E-state index contributed by atoms with van der Waals surface area (Å²) in [6.45, 7) is 8.99. The van der Waals surface area contributed by atoms with Gasteiger partial charge in [0.2, 0.25) is 0 Å². The Morgan fingerprint density at radius 2 is 1.60 bits per heavy atom. The number of para-hydroxylation sites is 2. The fourth-order valence-electron chi connectivity index (χ4n) is 4.44. The quantitative estimate of drug-likeness (QED) is 0.753. The molecule has 0 bridgehead atoms. The maximum Gasteiger partial charge on any atom is 0.253 e. The molecule has 4 rings (SSSR count). The molecule has 0 unspecified atom stereocenters. The number of anilines is 1. The van der Waals surface area contributed by atoms with Crippen LogP contribution in [-0.2, 0) is 6.54 Å². The Labute approximate surface area is 180 Å². The van der Waals surface area contributed by atoms with E-state index in [0.717, 1.165) is 75.9 Å². The lowest BCUT2D eigenvalue weighted by Crippen LogP contribution is -2.46. The summed E-state index contributed by atoms with van der Waals surface area (Å²) in [4.78, 5) is 19.6. The summed E-state index contributed by atoms with van der Waals surface area (Å²) < 4.78 is 5.51. The van der Waals surface area contributed by atoms with Crippen LogP contribution in [0.2, 0.25) is 0 Å². The fourth-order valence-corrected chi connectivity index (χ4v) is 4.44. The zero-order valence-corrected chi connectivity index (χ0v) is 18.2. The smallest absolute Gasteiger partial charge is 0.253 e. The van der Waals surface area contributed by atoms with Gasteiger partial charge in [0.05, 0.1) is 12.8 Å². The second-order valence-electron chi connectivity index (χ2n) is 8.61. The number of nitrogens with zero attached hydrogens (tertiary/aromatic N) is 3. The number of likely N-dealkylation sites (tertiary alicyclic amines) is 1. The first kappa shape index (κ1) is 20.7. The molecule has 2 aliphatic heterocycles. The topological polar surface area (TPSA) is 36.0 Å². The zero-order valence-electron chi connectivity index (χ0n) is 18.2. The summed E-state index contributed by atoms with van der Waals surface area (Å²) in [5, 5.41) is 0. The van der Waals surface area contributed by atoms with E-state index in [-0.39, 0.29) is 5.91 Å². The lowest BCUT2D eigenvalue weighted by atomic mass is 9.98. The van der Waals surface area contributed by atoms with Crippen LogP contribution in [0.4, 0.5) is 5.69 Å². The van der Waals surface area contributed by atoms with Gasteiger partial charge in [0.25, 0.3) is 5.91 Å². The molecule has 0 aromatic heterocycles. The van der Waals surface area contributed by atoms with Crippen LogP contribution in [0.3, 0.4) is 0 Å². The summed E-state index contributed by atoms with van der Waals surface area (Å²) in [7, 11) is 1.73. The molecule has 2 heterocycles. The van der Waals surface area contributed by atoms with Crippen molar-refractivity contribution in [1.29, 1.82) is 0 Å². The van der Waals surface area contributed by atoms with E-state index in [0.29, 0.717) is 0 Å². The number of carbonyl (C=O) groups excluding carboxylic acids is 1. The third-order valence-corrected chi connectivity index (χ3v) is 6.48. The fraction of sp³-hybridized carbons (Fsp3) is 0.480. The monoisotopic (exact) mass is 407 g/mol. The molecule has 2 aromatic carbocycles. The van der Waals surface area contributed by atoms with Gasteiger partial charge in [-0.15, -0.1) is 0 Å². The van der Waals surface area contributed by atoms with E-state index in [4.69, 9.17) is 4.74 Å². The number of piperazine rings is 1. The SMILES string of the molecule is COc1ccccc1N1CCN(Cc2ccc(C(=O)N3CCC(C)CC3)cc2)CC1. The van der Waals surface area contributed by atoms with Gasteiger partial charge < -0.3 is 14.5 Å². The normalized spacial score (nSPS) is 18.5. The molecule has 0 aliphatic carbocycles. The maximum absolute atomic E-state index is 12.7. The lowest BCUT2D eigenvalue weighted by molar-refractivity contribution is 0.0697. The van der Waals surface area contributed by atoms with Crippen LogP contribution in [0, 0.1) is 5.92 Å². The third kappa shape index (κ3) is 4.78. The van der Waals surface area contributed by atoms with Crippen LogP contribution in [0.5, 0.6) is 5.75 Å². The van der Waals surface area contributed by atoms with Gasteiger partial charge in [-0.2, -0.15) is 0 Å². The number of rotatable bonds is 5. The molecule has 5 heteroatoms. The average Bonchev–Trinajstić information content (AvgIpc) is 2.80. The van der Waals surface area contributed by atoms with E-state index < -0.39 is 0 Å². The average molecular weight is 408 g/mol. The molecule has 0 atom stereocenters. The number of hydrogen-bond acceptors (Lipinski definition) is 4. The number of ether oxygens (including phenoxy) is 1.